The quantitative estimate of drug-likeness (QED) is 0.256. The highest BCUT2D eigenvalue weighted by atomic mass is 35.5. The minimum Gasteiger partial charge on any atom is -0.475 e. The molecule has 0 fully saturated rings. The summed E-state index contributed by atoms with van der Waals surface area (Å²) in [6.45, 7) is 0. The number of hydrogen-bond donors (Lipinski definition) is 3. The van der Waals surface area contributed by atoms with Crippen LogP contribution in [0.25, 0.3) is 21.9 Å². The fourth-order valence-electron chi connectivity index (χ4n) is 2.32. The number of halogens is 2. The summed E-state index contributed by atoms with van der Waals surface area (Å²) in [5.74, 6) is 3.53. The fourth-order valence-corrected chi connectivity index (χ4v) is 2.68. The number of carbonyl (C=O) groups is 2. The van der Waals surface area contributed by atoms with Gasteiger partial charge in [-0.15, -0.1) is 0 Å². The number of benzene rings is 2. The van der Waals surface area contributed by atoms with Crippen molar-refractivity contribution in [3.05, 3.63) is 70.1 Å². The van der Waals surface area contributed by atoms with Crippen molar-refractivity contribution in [2.24, 2.45) is 5.84 Å². The molecule has 0 saturated carbocycles. The highest BCUT2D eigenvalue weighted by Gasteiger charge is 2.11. The van der Waals surface area contributed by atoms with E-state index in [4.69, 9.17) is 43.0 Å². The number of nitrogen functional groups attached to an aromatic ring is 1. The second-order valence-electron chi connectivity index (χ2n) is 5.36. The average molecular weight is 407 g/mol. The molecule has 0 saturated heterocycles. The lowest BCUT2D eigenvalue weighted by Gasteiger charge is -1.90. The number of nitrogens with one attached hydrogen (secondary N) is 1. The molecule has 0 spiro atoms. The molecule has 0 atom stereocenters. The molecule has 2 aromatic heterocycles. The first kappa shape index (κ1) is 18.8. The minimum absolute atomic E-state index is 0.0720. The lowest BCUT2D eigenvalue weighted by Crippen LogP contribution is -2.29. The van der Waals surface area contributed by atoms with Crippen molar-refractivity contribution in [1.82, 2.24) is 5.43 Å². The van der Waals surface area contributed by atoms with E-state index < -0.39 is 11.9 Å². The van der Waals surface area contributed by atoms with E-state index in [-0.39, 0.29) is 11.5 Å². The van der Waals surface area contributed by atoms with Gasteiger partial charge in [-0.1, -0.05) is 23.2 Å². The van der Waals surface area contributed by atoms with Crippen LogP contribution in [0.3, 0.4) is 0 Å². The summed E-state index contributed by atoms with van der Waals surface area (Å²) in [6.07, 6.45) is 0. The monoisotopic (exact) mass is 406 g/mol. The molecular formula is C18H12Cl2N2O5. The van der Waals surface area contributed by atoms with Crippen LogP contribution < -0.4 is 11.3 Å². The van der Waals surface area contributed by atoms with Gasteiger partial charge in [0.15, 0.2) is 5.76 Å². The smallest absolute Gasteiger partial charge is 0.371 e. The van der Waals surface area contributed by atoms with Crippen molar-refractivity contribution in [2.45, 2.75) is 0 Å². The van der Waals surface area contributed by atoms with Crippen molar-refractivity contribution in [2.75, 3.05) is 0 Å². The molecule has 4 N–H and O–H groups in total. The van der Waals surface area contributed by atoms with Gasteiger partial charge in [0.05, 0.1) is 0 Å². The molecule has 9 heteroatoms. The largest absolute Gasteiger partial charge is 0.475 e. The van der Waals surface area contributed by atoms with Crippen molar-refractivity contribution in [3.63, 3.8) is 0 Å². The van der Waals surface area contributed by atoms with E-state index in [9.17, 15) is 9.59 Å². The summed E-state index contributed by atoms with van der Waals surface area (Å²) in [5, 5.41) is 11.3. The number of carbonyl (C=O) groups excluding carboxylic acids is 1. The van der Waals surface area contributed by atoms with E-state index in [1.54, 1.807) is 42.5 Å². The van der Waals surface area contributed by atoms with Crippen LogP contribution in [0.15, 0.2) is 57.4 Å². The fraction of sp³-hybridized carbons (Fsp3) is 0. The van der Waals surface area contributed by atoms with Gasteiger partial charge < -0.3 is 13.9 Å². The number of carboxylic acid groups (broad SMARTS) is 1. The van der Waals surface area contributed by atoms with Crippen molar-refractivity contribution >= 4 is 57.0 Å². The van der Waals surface area contributed by atoms with E-state index >= 15 is 0 Å². The molecule has 1 amide bonds. The molecule has 0 radical (unpaired) electrons. The molecular weight excluding hydrogens is 395 g/mol. The zero-order chi connectivity index (χ0) is 19.6. The van der Waals surface area contributed by atoms with Gasteiger partial charge >= 0.3 is 11.9 Å². The molecule has 0 aliphatic carbocycles. The van der Waals surface area contributed by atoms with E-state index in [1.807, 2.05) is 5.43 Å². The molecule has 27 heavy (non-hydrogen) atoms. The van der Waals surface area contributed by atoms with Gasteiger partial charge in [0, 0.05) is 20.8 Å². The van der Waals surface area contributed by atoms with Gasteiger partial charge in [0.1, 0.15) is 11.2 Å². The second kappa shape index (κ2) is 7.71. The Bertz CT molecular complexity index is 1150. The minimum atomic E-state index is -1.08. The third-order valence-corrected chi connectivity index (χ3v) is 3.99. The van der Waals surface area contributed by atoms with Gasteiger partial charge in [-0.2, -0.15) is 0 Å². The maximum Gasteiger partial charge on any atom is 0.371 e. The third kappa shape index (κ3) is 4.22. The zero-order valence-corrected chi connectivity index (χ0v) is 15.0. The van der Waals surface area contributed by atoms with Crippen LogP contribution in [-0.2, 0) is 0 Å². The van der Waals surface area contributed by atoms with E-state index in [0.29, 0.717) is 26.6 Å². The molecule has 0 aliphatic heterocycles. The molecule has 7 nitrogen and oxygen atoms in total. The first-order valence-corrected chi connectivity index (χ1v) is 8.25. The average Bonchev–Trinajstić information content (AvgIpc) is 3.24. The van der Waals surface area contributed by atoms with Crippen LogP contribution in [0, 0.1) is 0 Å². The molecule has 0 unspecified atom stereocenters. The van der Waals surface area contributed by atoms with Crippen LogP contribution in [-0.4, -0.2) is 17.0 Å². The van der Waals surface area contributed by atoms with E-state index in [0.717, 1.165) is 5.39 Å². The summed E-state index contributed by atoms with van der Waals surface area (Å²) < 4.78 is 10.3. The Hall–Kier alpha value is -3.00. The number of amides is 1. The van der Waals surface area contributed by atoms with Crippen LogP contribution in [0.2, 0.25) is 10.0 Å². The summed E-state index contributed by atoms with van der Waals surface area (Å²) in [7, 11) is 0. The molecule has 4 aromatic rings. The van der Waals surface area contributed by atoms with Gasteiger partial charge in [0.2, 0.25) is 5.76 Å². The van der Waals surface area contributed by atoms with Gasteiger partial charge in [0.25, 0.3) is 0 Å². The highest BCUT2D eigenvalue weighted by Crippen LogP contribution is 2.23. The number of hydrazine groups is 1. The molecule has 0 aliphatic rings. The predicted octanol–water partition coefficient (Wildman–Crippen LogP) is 4.47. The normalized spacial score (nSPS) is 10.5. The lowest BCUT2D eigenvalue weighted by molar-refractivity contribution is 0.0664. The summed E-state index contributed by atoms with van der Waals surface area (Å²) in [4.78, 5) is 21.6. The van der Waals surface area contributed by atoms with E-state index in [1.165, 1.54) is 6.07 Å². The van der Waals surface area contributed by atoms with Crippen LogP contribution in [0.5, 0.6) is 0 Å². The Labute approximate surface area is 162 Å². The van der Waals surface area contributed by atoms with E-state index in [2.05, 4.69) is 0 Å². The molecule has 0 bridgehead atoms. The SMILES string of the molecule is NNC(=O)c1cc2cc(Cl)ccc2o1.O=C(O)c1cc2cc(Cl)ccc2o1. The summed E-state index contributed by atoms with van der Waals surface area (Å²) in [5.41, 5.74) is 3.13. The second-order valence-corrected chi connectivity index (χ2v) is 6.24. The number of carboxylic acids is 1. The number of rotatable bonds is 2. The molecule has 4 rings (SSSR count). The molecule has 138 valence electrons. The number of furan rings is 2. The summed E-state index contributed by atoms with van der Waals surface area (Å²) in [6, 6.07) is 13.1. The Morgan fingerprint density at radius 1 is 0.852 bits per heavy atom. The zero-order valence-electron chi connectivity index (χ0n) is 13.5. The van der Waals surface area contributed by atoms with Gasteiger partial charge in [-0.3, -0.25) is 10.2 Å². The highest BCUT2D eigenvalue weighted by molar-refractivity contribution is 6.31. The van der Waals surface area contributed by atoms with Crippen molar-refractivity contribution < 1.29 is 23.5 Å². The number of hydrogen-bond acceptors (Lipinski definition) is 5. The van der Waals surface area contributed by atoms with Gasteiger partial charge in [-0.25, -0.2) is 10.6 Å². The topological polar surface area (TPSA) is 119 Å². The van der Waals surface area contributed by atoms with Crippen LogP contribution >= 0.6 is 23.2 Å². The number of fused-ring (bicyclic) bond motifs is 2. The Morgan fingerprint density at radius 3 is 1.81 bits per heavy atom. The third-order valence-electron chi connectivity index (χ3n) is 3.52. The van der Waals surface area contributed by atoms with Crippen LogP contribution in [0.1, 0.15) is 21.1 Å². The Kier molecular flexibility index (Phi) is 5.36. The van der Waals surface area contributed by atoms with Gasteiger partial charge in [-0.05, 0) is 48.5 Å². The standard InChI is InChI=1S/C9H7ClN2O2.C9H5ClO3/c10-6-1-2-7-5(3-6)4-8(14-7)9(13)12-11;10-6-1-2-7-5(3-6)4-8(13-7)9(11)12/h1-4H,11H2,(H,12,13);1-4H,(H,11,12). The number of aromatic carboxylic acids is 1. The molecule has 2 heterocycles. The van der Waals surface area contributed by atoms with Crippen molar-refractivity contribution in [1.29, 1.82) is 0 Å². The first-order valence-electron chi connectivity index (χ1n) is 7.50. The first-order chi connectivity index (χ1) is 12.9. The maximum absolute atomic E-state index is 11.1. The Balaban J connectivity index is 0.000000156. The predicted molar refractivity (Wildman–Crippen MR) is 101 cm³/mol. The van der Waals surface area contributed by atoms with Crippen molar-refractivity contribution in [3.8, 4) is 0 Å². The lowest BCUT2D eigenvalue weighted by atomic mass is 10.2. The Morgan fingerprint density at radius 2 is 1.33 bits per heavy atom. The summed E-state index contributed by atoms with van der Waals surface area (Å²) >= 11 is 11.5. The van der Waals surface area contributed by atoms with Crippen LogP contribution in [0.4, 0.5) is 0 Å². The maximum atomic E-state index is 11.1. The molecule has 2 aromatic carbocycles. The number of nitrogens with two attached hydrogens (primary N) is 1.